The zero-order chi connectivity index (χ0) is 15.0. The zero-order valence-corrected chi connectivity index (χ0v) is 11.8. The predicted molar refractivity (Wildman–Crippen MR) is 81.8 cm³/mol. The van der Waals surface area contributed by atoms with Crippen molar-refractivity contribution in [2.75, 3.05) is 5.73 Å². The van der Waals surface area contributed by atoms with Crippen molar-refractivity contribution in [3.05, 3.63) is 65.2 Å². The van der Waals surface area contributed by atoms with Gasteiger partial charge in [-0.15, -0.1) is 0 Å². The smallest absolute Gasteiger partial charge is 0.159 e. The number of nitrogens with two attached hydrogens (primary N) is 1. The van der Waals surface area contributed by atoms with Gasteiger partial charge in [-0.3, -0.25) is 4.79 Å². The molecule has 0 heterocycles. The molecule has 0 spiro atoms. The first-order valence-electron chi connectivity index (χ1n) is 6.41. The van der Waals surface area contributed by atoms with E-state index in [1.54, 1.807) is 6.92 Å². The molecule has 2 rings (SSSR count). The van der Waals surface area contributed by atoms with Crippen LogP contribution in [0.3, 0.4) is 0 Å². The molecule has 0 aliphatic rings. The molecule has 0 fully saturated rings. The molecule has 0 atom stereocenters. The van der Waals surface area contributed by atoms with Crippen LogP contribution in [0.5, 0.6) is 0 Å². The van der Waals surface area contributed by atoms with E-state index in [0.717, 1.165) is 24.0 Å². The summed E-state index contributed by atoms with van der Waals surface area (Å²) >= 11 is 0. The zero-order valence-electron chi connectivity index (χ0n) is 11.8. The van der Waals surface area contributed by atoms with E-state index in [1.807, 2.05) is 48.5 Å². The summed E-state index contributed by atoms with van der Waals surface area (Å²) in [4.78, 5) is 19.9. The first kappa shape index (κ1) is 15.6. The number of benzene rings is 2. The second kappa shape index (κ2) is 7.89. The number of aldehydes is 1. The Morgan fingerprint density at radius 3 is 1.80 bits per heavy atom. The van der Waals surface area contributed by atoms with E-state index in [1.165, 1.54) is 18.1 Å². The molecule has 2 aromatic carbocycles. The third-order valence-corrected chi connectivity index (χ3v) is 2.75. The van der Waals surface area contributed by atoms with E-state index in [2.05, 4.69) is 0 Å². The van der Waals surface area contributed by atoms with Crippen molar-refractivity contribution in [3.8, 4) is 0 Å². The summed E-state index contributed by atoms with van der Waals surface area (Å²) in [5.74, 6) is 0.101. The number of nitrogen functional groups attached to an aromatic ring is 1. The van der Waals surface area contributed by atoms with Gasteiger partial charge in [-0.05, 0) is 43.5 Å². The molecule has 2 N–H and O–H groups in total. The summed E-state index contributed by atoms with van der Waals surface area (Å²) in [6.45, 7) is 3.02. The van der Waals surface area contributed by atoms with Crippen LogP contribution in [0.25, 0.3) is 0 Å². The molecular formula is C17H19NO2. The third kappa shape index (κ3) is 5.06. The van der Waals surface area contributed by atoms with Crippen LogP contribution in [0.4, 0.5) is 5.69 Å². The predicted octanol–water partition coefficient (Wildman–Crippen LogP) is 3.27. The van der Waals surface area contributed by atoms with Crippen molar-refractivity contribution in [1.29, 1.82) is 0 Å². The lowest BCUT2D eigenvalue weighted by atomic mass is 10.0. The maximum Gasteiger partial charge on any atom is 0.159 e. The first-order chi connectivity index (χ1) is 9.56. The van der Waals surface area contributed by atoms with Crippen LogP contribution < -0.4 is 5.73 Å². The van der Waals surface area contributed by atoms with Crippen LogP contribution in [0.1, 0.15) is 35.3 Å². The van der Waals surface area contributed by atoms with Crippen LogP contribution in [0, 0.1) is 0 Å². The summed E-state index contributed by atoms with van der Waals surface area (Å²) in [6, 6.07) is 15.6. The fourth-order valence-corrected chi connectivity index (χ4v) is 1.73. The molecular weight excluding hydrogens is 250 g/mol. The molecule has 0 radical (unpaired) electrons. The van der Waals surface area contributed by atoms with Crippen LogP contribution in [0.2, 0.25) is 0 Å². The fourth-order valence-electron chi connectivity index (χ4n) is 1.73. The molecule has 104 valence electrons. The van der Waals surface area contributed by atoms with E-state index >= 15 is 0 Å². The van der Waals surface area contributed by atoms with Crippen molar-refractivity contribution >= 4 is 17.8 Å². The Hall–Kier alpha value is -2.42. The van der Waals surface area contributed by atoms with Crippen molar-refractivity contribution in [2.45, 2.75) is 20.3 Å². The molecule has 0 aliphatic heterocycles. The molecule has 0 amide bonds. The minimum absolute atomic E-state index is 0.101. The first-order valence-corrected chi connectivity index (χ1v) is 6.41. The summed E-state index contributed by atoms with van der Waals surface area (Å²) in [5.41, 5.74) is 9.58. The standard InChI is InChI=1S/C15H15NO.C2H4O/c1-11(17)14-6-2-12(3-7-14)10-13-4-8-15(16)9-5-13;1-2-3/h2-9H,10,16H2,1H3;2H,1H3. The van der Waals surface area contributed by atoms with Gasteiger partial charge in [0.15, 0.2) is 5.78 Å². The molecule has 20 heavy (non-hydrogen) atoms. The molecule has 0 saturated heterocycles. The topological polar surface area (TPSA) is 60.2 Å². The largest absolute Gasteiger partial charge is 0.399 e. The maximum atomic E-state index is 11.1. The van der Waals surface area contributed by atoms with Gasteiger partial charge in [0, 0.05) is 11.3 Å². The fraction of sp³-hybridized carbons (Fsp3) is 0.176. The van der Waals surface area contributed by atoms with E-state index in [-0.39, 0.29) is 5.78 Å². The van der Waals surface area contributed by atoms with Crippen LogP contribution in [-0.2, 0) is 11.2 Å². The Kier molecular flexibility index (Phi) is 6.17. The summed E-state index contributed by atoms with van der Waals surface area (Å²) < 4.78 is 0. The highest BCUT2D eigenvalue weighted by Gasteiger charge is 2.00. The Morgan fingerprint density at radius 1 is 1.00 bits per heavy atom. The third-order valence-electron chi connectivity index (χ3n) is 2.75. The number of ketones is 1. The van der Waals surface area contributed by atoms with Crippen LogP contribution >= 0.6 is 0 Å². The number of hydrogen-bond donors (Lipinski definition) is 1. The van der Waals surface area contributed by atoms with Gasteiger partial charge in [0.2, 0.25) is 0 Å². The molecule has 0 saturated carbocycles. The molecule has 3 heteroatoms. The number of rotatable bonds is 3. The Morgan fingerprint density at radius 2 is 1.40 bits per heavy atom. The highest BCUT2D eigenvalue weighted by molar-refractivity contribution is 5.94. The van der Waals surface area contributed by atoms with Gasteiger partial charge in [-0.25, -0.2) is 0 Å². The normalized spacial score (nSPS) is 9.30. The number of hydrogen-bond acceptors (Lipinski definition) is 3. The van der Waals surface area contributed by atoms with Crippen molar-refractivity contribution in [2.24, 2.45) is 0 Å². The average molecular weight is 269 g/mol. The molecule has 3 nitrogen and oxygen atoms in total. The highest BCUT2D eigenvalue weighted by atomic mass is 16.1. The maximum absolute atomic E-state index is 11.1. The SMILES string of the molecule is CC(=O)c1ccc(Cc2ccc(N)cc2)cc1.CC=O. The Balaban J connectivity index is 0.000000612. The van der Waals surface area contributed by atoms with E-state index in [4.69, 9.17) is 10.5 Å². The van der Waals surface area contributed by atoms with Crippen molar-refractivity contribution in [1.82, 2.24) is 0 Å². The number of carbonyl (C=O) groups excluding carboxylic acids is 2. The summed E-state index contributed by atoms with van der Waals surface area (Å²) in [6.07, 6.45) is 1.61. The summed E-state index contributed by atoms with van der Waals surface area (Å²) in [5, 5.41) is 0. The van der Waals surface area contributed by atoms with Crippen LogP contribution in [-0.4, -0.2) is 12.1 Å². The minimum Gasteiger partial charge on any atom is -0.399 e. The van der Waals surface area contributed by atoms with Crippen molar-refractivity contribution in [3.63, 3.8) is 0 Å². The molecule has 0 aromatic heterocycles. The van der Waals surface area contributed by atoms with Crippen molar-refractivity contribution < 1.29 is 9.59 Å². The Labute approximate surface area is 119 Å². The summed E-state index contributed by atoms with van der Waals surface area (Å²) in [7, 11) is 0. The van der Waals surface area contributed by atoms with Gasteiger partial charge in [-0.1, -0.05) is 36.4 Å². The Bertz CT molecular complexity index is 557. The van der Waals surface area contributed by atoms with Gasteiger partial charge in [0.1, 0.15) is 6.29 Å². The number of anilines is 1. The second-order valence-electron chi connectivity index (χ2n) is 4.41. The van der Waals surface area contributed by atoms with Gasteiger partial charge >= 0.3 is 0 Å². The lowest BCUT2D eigenvalue weighted by Crippen LogP contribution is -1.93. The van der Waals surface area contributed by atoms with Gasteiger partial charge in [0.05, 0.1) is 0 Å². The average Bonchev–Trinajstić information content (AvgIpc) is 2.43. The highest BCUT2D eigenvalue weighted by Crippen LogP contribution is 2.12. The quantitative estimate of drug-likeness (QED) is 0.528. The van der Waals surface area contributed by atoms with Crippen LogP contribution in [0.15, 0.2) is 48.5 Å². The molecule has 0 bridgehead atoms. The number of Topliss-reactive ketones (excluding diaryl/α,β-unsaturated/α-hetero) is 1. The van der Waals surface area contributed by atoms with Gasteiger partial charge in [0.25, 0.3) is 0 Å². The lowest BCUT2D eigenvalue weighted by Gasteiger charge is -2.03. The molecule has 2 aromatic rings. The monoisotopic (exact) mass is 269 g/mol. The number of carbonyl (C=O) groups is 2. The van der Waals surface area contributed by atoms with Gasteiger partial charge < -0.3 is 10.5 Å². The van der Waals surface area contributed by atoms with E-state index < -0.39 is 0 Å². The molecule has 0 aliphatic carbocycles. The van der Waals surface area contributed by atoms with Gasteiger partial charge in [-0.2, -0.15) is 0 Å². The lowest BCUT2D eigenvalue weighted by molar-refractivity contribution is -0.106. The van der Waals surface area contributed by atoms with E-state index in [9.17, 15) is 4.79 Å². The molecule has 0 unspecified atom stereocenters. The minimum atomic E-state index is 0.101. The second-order valence-corrected chi connectivity index (χ2v) is 4.41. The van der Waals surface area contributed by atoms with E-state index in [0.29, 0.717) is 0 Å².